The van der Waals surface area contributed by atoms with E-state index in [1.807, 2.05) is 0 Å². The van der Waals surface area contributed by atoms with Gasteiger partial charge in [-0.2, -0.15) is 0 Å². The Labute approximate surface area is 86.7 Å². The fraction of sp³-hybridized carbons (Fsp3) is 0.818. The van der Waals surface area contributed by atoms with Crippen LogP contribution in [0.5, 0.6) is 0 Å². The van der Waals surface area contributed by atoms with Crippen LogP contribution in [-0.2, 0) is 0 Å². The molecular formula is C11H21N3. The van der Waals surface area contributed by atoms with Crippen molar-refractivity contribution in [2.24, 2.45) is 0 Å². The second-order valence-electron chi connectivity index (χ2n) is 4.51. The number of rotatable bonds is 2. The van der Waals surface area contributed by atoms with Crippen molar-refractivity contribution in [2.75, 3.05) is 26.7 Å². The summed E-state index contributed by atoms with van der Waals surface area (Å²) in [6.07, 6.45) is 6.73. The molecule has 0 spiro atoms. The molecule has 14 heavy (non-hydrogen) atoms. The van der Waals surface area contributed by atoms with E-state index in [4.69, 9.17) is 0 Å². The van der Waals surface area contributed by atoms with Crippen LogP contribution in [0.25, 0.3) is 0 Å². The first kappa shape index (κ1) is 10.1. The van der Waals surface area contributed by atoms with Crippen molar-refractivity contribution in [1.29, 1.82) is 0 Å². The zero-order valence-electron chi connectivity index (χ0n) is 9.29. The molecule has 2 heterocycles. The summed E-state index contributed by atoms with van der Waals surface area (Å²) in [4.78, 5) is 2.41. The molecule has 0 amide bonds. The van der Waals surface area contributed by atoms with Crippen LogP contribution >= 0.6 is 0 Å². The van der Waals surface area contributed by atoms with Gasteiger partial charge in [-0.1, -0.05) is 11.6 Å². The monoisotopic (exact) mass is 195 g/mol. The first-order valence-electron chi connectivity index (χ1n) is 5.63. The lowest BCUT2D eigenvalue weighted by Gasteiger charge is -2.31. The Kier molecular flexibility index (Phi) is 3.21. The van der Waals surface area contributed by atoms with E-state index in [0.29, 0.717) is 6.17 Å². The van der Waals surface area contributed by atoms with Crippen molar-refractivity contribution in [3.05, 3.63) is 11.6 Å². The number of nitrogens with one attached hydrogen (secondary N) is 1. The highest BCUT2D eigenvalue weighted by Crippen LogP contribution is 2.14. The van der Waals surface area contributed by atoms with Crippen molar-refractivity contribution in [1.82, 2.24) is 15.3 Å². The number of nitrogens with zero attached hydrogens (tertiary/aromatic N) is 2. The van der Waals surface area contributed by atoms with E-state index in [-0.39, 0.29) is 0 Å². The Hall–Kier alpha value is -0.380. The van der Waals surface area contributed by atoms with Crippen LogP contribution in [0.1, 0.15) is 26.2 Å². The minimum Gasteiger partial charge on any atom is -0.290 e. The standard InChI is InChI=1S/C11H21N3/c1-10-5-8-14(9-6-10)12-11-4-3-7-13(11)2/h5,11-12H,3-4,6-9H2,1-2H3/t11-/m0/s1. The highest BCUT2D eigenvalue weighted by molar-refractivity contribution is 5.03. The molecular weight excluding hydrogens is 174 g/mol. The number of hydrogen-bond acceptors (Lipinski definition) is 3. The van der Waals surface area contributed by atoms with Gasteiger partial charge in [-0.25, -0.2) is 10.4 Å². The average Bonchev–Trinajstić information content (AvgIpc) is 2.56. The fourth-order valence-corrected chi connectivity index (χ4v) is 2.17. The topological polar surface area (TPSA) is 18.5 Å². The Bertz CT molecular complexity index is 225. The van der Waals surface area contributed by atoms with E-state index < -0.39 is 0 Å². The molecule has 80 valence electrons. The lowest BCUT2D eigenvalue weighted by Crippen LogP contribution is -2.50. The van der Waals surface area contributed by atoms with E-state index in [9.17, 15) is 0 Å². The molecule has 0 aliphatic carbocycles. The van der Waals surface area contributed by atoms with Gasteiger partial charge in [0.15, 0.2) is 0 Å². The van der Waals surface area contributed by atoms with Gasteiger partial charge in [0.1, 0.15) is 0 Å². The summed E-state index contributed by atoms with van der Waals surface area (Å²) in [7, 11) is 2.20. The average molecular weight is 195 g/mol. The second kappa shape index (κ2) is 4.43. The summed E-state index contributed by atoms with van der Waals surface area (Å²) >= 11 is 0. The minimum atomic E-state index is 0.571. The summed E-state index contributed by atoms with van der Waals surface area (Å²) in [6, 6.07) is 0. The summed E-state index contributed by atoms with van der Waals surface area (Å²) in [5, 5.41) is 2.35. The largest absolute Gasteiger partial charge is 0.290 e. The highest BCUT2D eigenvalue weighted by atomic mass is 15.6. The maximum absolute atomic E-state index is 3.60. The van der Waals surface area contributed by atoms with Crippen LogP contribution in [0.15, 0.2) is 11.6 Å². The van der Waals surface area contributed by atoms with E-state index in [1.54, 1.807) is 0 Å². The zero-order valence-corrected chi connectivity index (χ0v) is 9.29. The molecule has 1 fully saturated rings. The smallest absolute Gasteiger partial charge is 0.0729 e. The third kappa shape index (κ3) is 2.35. The lowest BCUT2D eigenvalue weighted by molar-refractivity contribution is 0.110. The van der Waals surface area contributed by atoms with Gasteiger partial charge >= 0.3 is 0 Å². The molecule has 0 unspecified atom stereocenters. The van der Waals surface area contributed by atoms with Crippen LogP contribution in [-0.4, -0.2) is 42.8 Å². The predicted molar refractivity (Wildman–Crippen MR) is 58.7 cm³/mol. The molecule has 0 saturated carbocycles. The third-order valence-electron chi connectivity index (χ3n) is 3.29. The molecule has 2 aliphatic rings. The van der Waals surface area contributed by atoms with Gasteiger partial charge in [0.05, 0.1) is 6.17 Å². The predicted octanol–water partition coefficient (Wildman–Crippen LogP) is 1.19. The summed E-state index contributed by atoms with van der Waals surface area (Å²) in [5.41, 5.74) is 5.13. The first-order chi connectivity index (χ1) is 6.75. The second-order valence-corrected chi connectivity index (χ2v) is 4.51. The van der Waals surface area contributed by atoms with Crippen LogP contribution < -0.4 is 5.43 Å². The lowest BCUT2D eigenvalue weighted by atomic mass is 10.1. The zero-order chi connectivity index (χ0) is 9.97. The maximum Gasteiger partial charge on any atom is 0.0729 e. The fourth-order valence-electron chi connectivity index (χ4n) is 2.17. The van der Waals surface area contributed by atoms with E-state index in [1.165, 1.54) is 31.4 Å². The summed E-state index contributed by atoms with van der Waals surface area (Å²) < 4.78 is 0. The van der Waals surface area contributed by atoms with Crippen LogP contribution in [0, 0.1) is 0 Å². The van der Waals surface area contributed by atoms with Crippen LogP contribution in [0.2, 0.25) is 0 Å². The van der Waals surface area contributed by atoms with Crippen LogP contribution in [0.3, 0.4) is 0 Å². The molecule has 0 radical (unpaired) electrons. The van der Waals surface area contributed by atoms with Gasteiger partial charge < -0.3 is 0 Å². The van der Waals surface area contributed by atoms with Crippen molar-refractivity contribution >= 4 is 0 Å². The number of hydrazine groups is 1. The minimum absolute atomic E-state index is 0.571. The number of hydrogen-bond donors (Lipinski definition) is 1. The summed E-state index contributed by atoms with van der Waals surface area (Å²) in [5.74, 6) is 0. The van der Waals surface area contributed by atoms with E-state index >= 15 is 0 Å². The Morgan fingerprint density at radius 2 is 2.29 bits per heavy atom. The van der Waals surface area contributed by atoms with Gasteiger partial charge in [-0.15, -0.1) is 0 Å². The van der Waals surface area contributed by atoms with Crippen molar-refractivity contribution < 1.29 is 0 Å². The molecule has 1 saturated heterocycles. The van der Waals surface area contributed by atoms with E-state index in [2.05, 4.69) is 35.4 Å². The van der Waals surface area contributed by atoms with Gasteiger partial charge in [0, 0.05) is 13.1 Å². The number of likely N-dealkylation sites (tertiary alicyclic amines) is 1. The molecule has 3 nitrogen and oxygen atoms in total. The molecule has 1 atom stereocenters. The highest BCUT2D eigenvalue weighted by Gasteiger charge is 2.22. The van der Waals surface area contributed by atoms with Gasteiger partial charge in [0.25, 0.3) is 0 Å². The molecule has 1 N–H and O–H groups in total. The first-order valence-corrected chi connectivity index (χ1v) is 5.63. The molecule has 0 aromatic heterocycles. The SMILES string of the molecule is CC1=CCN(N[C@@H]2CCCN2C)CC1. The Balaban J connectivity index is 1.80. The molecule has 3 heteroatoms. The summed E-state index contributed by atoms with van der Waals surface area (Å²) in [6.45, 7) is 5.68. The quantitative estimate of drug-likeness (QED) is 0.668. The van der Waals surface area contributed by atoms with Crippen molar-refractivity contribution in [3.8, 4) is 0 Å². The molecule has 0 aromatic carbocycles. The molecule has 2 rings (SSSR count). The van der Waals surface area contributed by atoms with Crippen molar-refractivity contribution in [3.63, 3.8) is 0 Å². The van der Waals surface area contributed by atoms with Crippen molar-refractivity contribution in [2.45, 2.75) is 32.4 Å². The van der Waals surface area contributed by atoms with E-state index in [0.717, 1.165) is 13.1 Å². The van der Waals surface area contributed by atoms with Crippen LogP contribution in [0.4, 0.5) is 0 Å². The third-order valence-corrected chi connectivity index (χ3v) is 3.29. The normalized spacial score (nSPS) is 30.7. The van der Waals surface area contributed by atoms with Gasteiger partial charge in [-0.3, -0.25) is 4.90 Å². The maximum atomic E-state index is 3.60. The molecule has 0 aromatic rings. The Morgan fingerprint density at radius 1 is 1.43 bits per heavy atom. The van der Waals surface area contributed by atoms with Gasteiger partial charge in [0.2, 0.25) is 0 Å². The van der Waals surface area contributed by atoms with Gasteiger partial charge in [-0.05, 0) is 39.8 Å². The Morgan fingerprint density at radius 3 is 2.86 bits per heavy atom. The molecule has 2 aliphatic heterocycles. The molecule has 0 bridgehead atoms.